The summed E-state index contributed by atoms with van der Waals surface area (Å²) in [5.41, 5.74) is 2.67. The molecule has 148 valence electrons. The number of anilines is 1. The average molecular weight is 420 g/mol. The van der Waals surface area contributed by atoms with Gasteiger partial charge in [0.1, 0.15) is 11.2 Å². The van der Waals surface area contributed by atoms with Gasteiger partial charge in [-0.2, -0.15) is 4.57 Å². The van der Waals surface area contributed by atoms with Gasteiger partial charge >= 0.3 is 0 Å². The number of allylic oxidation sites excluding steroid dienone is 4. The van der Waals surface area contributed by atoms with Gasteiger partial charge in [-0.15, -0.1) is 0 Å². The Bertz CT molecular complexity index is 1080. The third-order valence-corrected chi connectivity index (χ3v) is 7.13. The van der Waals surface area contributed by atoms with Crippen LogP contribution in [0.15, 0.2) is 82.8 Å². The first-order valence-corrected chi connectivity index (χ1v) is 12.0. The van der Waals surface area contributed by atoms with E-state index in [0.29, 0.717) is 0 Å². The van der Waals surface area contributed by atoms with Gasteiger partial charge in [0.15, 0.2) is 0 Å². The number of thioether (sulfide) groups is 1. The Morgan fingerprint density at radius 1 is 0.931 bits per heavy atom. The van der Waals surface area contributed by atoms with E-state index in [-0.39, 0.29) is 0 Å². The summed E-state index contributed by atoms with van der Waals surface area (Å²) in [6.45, 7) is 6.58. The fourth-order valence-electron chi connectivity index (χ4n) is 3.60. The van der Waals surface area contributed by atoms with Gasteiger partial charge in [0.05, 0.1) is 10.7 Å². The van der Waals surface area contributed by atoms with Crippen molar-refractivity contribution >= 4 is 45.1 Å². The molecule has 0 N–H and O–H groups in total. The van der Waals surface area contributed by atoms with Crippen LogP contribution in [0.3, 0.4) is 0 Å². The molecular formula is C25H27N2S2+. The summed E-state index contributed by atoms with van der Waals surface area (Å²) in [7, 11) is 0. The third-order valence-electron chi connectivity index (χ3n) is 4.87. The van der Waals surface area contributed by atoms with Crippen LogP contribution in [-0.4, -0.2) is 6.54 Å². The van der Waals surface area contributed by atoms with Gasteiger partial charge in [-0.1, -0.05) is 79.4 Å². The van der Waals surface area contributed by atoms with E-state index in [4.69, 9.17) is 0 Å². The number of thiazole rings is 1. The molecule has 0 saturated heterocycles. The molecule has 0 radical (unpaired) electrons. The Morgan fingerprint density at radius 2 is 1.76 bits per heavy atom. The van der Waals surface area contributed by atoms with Crippen LogP contribution >= 0.6 is 23.1 Å². The Kier molecular flexibility index (Phi) is 6.53. The molecule has 1 aliphatic heterocycles. The quantitative estimate of drug-likeness (QED) is 0.300. The number of aryl methyl sites for hydroxylation is 1. The van der Waals surface area contributed by atoms with Crippen LogP contribution in [0, 0.1) is 0 Å². The fourth-order valence-corrected chi connectivity index (χ4v) is 5.80. The summed E-state index contributed by atoms with van der Waals surface area (Å²) in [5.74, 6) is 0. The van der Waals surface area contributed by atoms with Crippen LogP contribution < -0.4 is 9.47 Å². The Balaban J connectivity index is 1.51. The Hall–Kier alpha value is -2.30. The van der Waals surface area contributed by atoms with Crippen molar-refractivity contribution in [3.63, 3.8) is 0 Å². The third kappa shape index (κ3) is 4.34. The van der Waals surface area contributed by atoms with E-state index < -0.39 is 0 Å². The Labute approximate surface area is 181 Å². The highest BCUT2D eigenvalue weighted by Crippen LogP contribution is 2.45. The minimum Gasteiger partial charge on any atom is -0.335 e. The van der Waals surface area contributed by atoms with Crippen molar-refractivity contribution < 1.29 is 4.57 Å². The predicted octanol–water partition coefficient (Wildman–Crippen LogP) is 7.03. The second kappa shape index (κ2) is 9.47. The van der Waals surface area contributed by atoms with Crippen molar-refractivity contribution in [1.29, 1.82) is 0 Å². The molecule has 0 bridgehead atoms. The maximum absolute atomic E-state index is 2.43. The summed E-state index contributed by atoms with van der Waals surface area (Å²) in [5, 5.41) is 2.61. The molecular weight excluding hydrogens is 392 g/mol. The molecule has 0 amide bonds. The maximum atomic E-state index is 2.43. The zero-order valence-corrected chi connectivity index (χ0v) is 18.7. The predicted molar refractivity (Wildman–Crippen MR) is 129 cm³/mol. The van der Waals surface area contributed by atoms with Crippen molar-refractivity contribution in [3.05, 3.63) is 82.9 Å². The number of rotatable bonds is 7. The molecule has 2 nitrogen and oxygen atoms in total. The standard InChI is InChI=1S/C25H27N2S2/c1-3-18-26-20-12-8-10-14-22(20)28-24(26)16-6-5-7-17-25-27(19-4-2)21-13-9-11-15-23(21)29-25/h5-17H,3-4,18-19H2,1-2H3/q+1. The average Bonchev–Trinajstić information content (AvgIpc) is 3.27. The van der Waals surface area contributed by atoms with E-state index in [9.17, 15) is 0 Å². The summed E-state index contributed by atoms with van der Waals surface area (Å²) < 4.78 is 3.77. The molecule has 2 heterocycles. The molecule has 4 heteroatoms. The second-order valence-corrected chi connectivity index (χ2v) is 9.15. The van der Waals surface area contributed by atoms with E-state index >= 15 is 0 Å². The first-order chi connectivity index (χ1) is 14.3. The molecule has 0 spiro atoms. The van der Waals surface area contributed by atoms with E-state index in [1.165, 1.54) is 30.8 Å². The minimum absolute atomic E-state index is 1.05. The molecule has 1 aliphatic rings. The number of fused-ring (bicyclic) bond motifs is 2. The zero-order chi connectivity index (χ0) is 20.1. The van der Waals surface area contributed by atoms with Crippen LogP contribution in [0.5, 0.6) is 0 Å². The fraction of sp³-hybridized carbons (Fsp3) is 0.240. The highest BCUT2D eigenvalue weighted by Gasteiger charge is 2.23. The number of hydrogen-bond acceptors (Lipinski definition) is 3. The highest BCUT2D eigenvalue weighted by molar-refractivity contribution is 8.03. The van der Waals surface area contributed by atoms with Crippen molar-refractivity contribution in [2.24, 2.45) is 0 Å². The van der Waals surface area contributed by atoms with Gasteiger partial charge in [-0.25, -0.2) is 0 Å². The molecule has 0 aliphatic carbocycles. The monoisotopic (exact) mass is 419 g/mol. The topological polar surface area (TPSA) is 7.12 Å². The number of aromatic nitrogens is 1. The number of nitrogens with zero attached hydrogens (tertiary/aromatic N) is 2. The summed E-state index contributed by atoms with van der Waals surface area (Å²) in [4.78, 5) is 3.77. The van der Waals surface area contributed by atoms with Gasteiger partial charge in [-0.05, 0) is 30.7 Å². The first-order valence-electron chi connectivity index (χ1n) is 10.3. The molecule has 0 saturated carbocycles. The smallest absolute Gasteiger partial charge is 0.262 e. The van der Waals surface area contributed by atoms with Crippen LogP contribution in [0.25, 0.3) is 16.3 Å². The molecule has 0 fully saturated rings. The van der Waals surface area contributed by atoms with Crippen molar-refractivity contribution in [3.8, 4) is 0 Å². The van der Waals surface area contributed by atoms with Crippen LogP contribution in [0.2, 0.25) is 0 Å². The van der Waals surface area contributed by atoms with E-state index in [1.807, 2.05) is 23.1 Å². The maximum Gasteiger partial charge on any atom is 0.262 e. The van der Waals surface area contributed by atoms with Crippen molar-refractivity contribution in [1.82, 2.24) is 0 Å². The number of hydrogen-bond donors (Lipinski definition) is 0. The molecule has 29 heavy (non-hydrogen) atoms. The molecule has 3 aromatic rings. The van der Waals surface area contributed by atoms with Gasteiger partial charge in [0.25, 0.3) is 5.01 Å². The highest BCUT2D eigenvalue weighted by atomic mass is 32.2. The van der Waals surface area contributed by atoms with E-state index in [2.05, 4.69) is 102 Å². The molecule has 4 rings (SSSR count). The SMILES string of the molecule is CCCN1/C(=C/C=C/C=C/c2sc3ccccc3[n+]2CCC)Sc2ccccc21. The van der Waals surface area contributed by atoms with Gasteiger partial charge in [-0.3, -0.25) is 0 Å². The summed E-state index contributed by atoms with van der Waals surface area (Å²) in [6.07, 6.45) is 13.2. The van der Waals surface area contributed by atoms with E-state index in [1.54, 1.807) is 0 Å². The molecule has 1 aromatic heterocycles. The lowest BCUT2D eigenvalue weighted by Crippen LogP contribution is -2.34. The minimum atomic E-state index is 1.05. The molecule has 2 aromatic carbocycles. The van der Waals surface area contributed by atoms with Crippen molar-refractivity contribution in [2.45, 2.75) is 38.1 Å². The lowest BCUT2D eigenvalue weighted by Gasteiger charge is -2.19. The summed E-state index contributed by atoms with van der Waals surface area (Å²) >= 11 is 3.72. The van der Waals surface area contributed by atoms with Gasteiger partial charge in [0, 0.05) is 30.0 Å². The number of benzene rings is 2. The first kappa shape index (κ1) is 20.0. The lowest BCUT2D eigenvalue weighted by molar-refractivity contribution is -0.668. The van der Waals surface area contributed by atoms with E-state index in [0.717, 1.165) is 25.9 Å². The van der Waals surface area contributed by atoms with Crippen LogP contribution in [-0.2, 0) is 6.54 Å². The van der Waals surface area contributed by atoms with Crippen LogP contribution in [0.4, 0.5) is 5.69 Å². The normalized spacial score (nSPS) is 15.4. The zero-order valence-electron chi connectivity index (χ0n) is 17.0. The van der Waals surface area contributed by atoms with Gasteiger partial charge < -0.3 is 4.90 Å². The largest absolute Gasteiger partial charge is 0.335 e. The molecule has 0 atom stereocenters. The summed E-state index contributed by atoms with van der Waals surface area (Å²) in [6, 6.07) is 17.3. The lowest BCUT2D eigenvalue weighted by atomic mass is 10.3. The van der Waals surface area contributed by atoms with Crippen LogP contribution in [0.1, 0.15) is 31.7 Å². The van der Waals surface area contributed by atoms with Crippen molar-refractivity contribution in [2.75, 3.05) is 11.4 Å². The molecule has 0 unspecified atom stereocenters. The second-order valence-electron chi connectivity index (χ2n) is 7.03. The van der Waals surface area contributed by atoms with Gasteiger partial charge in [0.2, 0.25) is 5.52 Å². The Morgan fingerprint density at radius 3 is 2.62 bits per heavy atom. The number of para-hydroxylation sites is 2.